The average Bonchev–Trinajstić information content (AvgIpc) is 3.26. The quantitative estimate of drug-likeness (QED) is 0.0156. The first-order valence-corrected chi connectivity index (χ1v) is 28.5. The van der Waals surface area contributed by atoms with E-state index in [1.165, 1.54) is 122 Å². The molecular formula is C55H104N2O7P+. The number of rotatable bonds is 48. The molecule has 380 valence electrons. The van der Waals surface area contributed by atoms with E-state index in [1.807, 2.05) is 33.3 Å². The van der Waals surface area contributed by atoms with Gasteiger partial charge in [0, 0.05) is 12.8 Å². The first-order chi connectivity index (χ1) is 31.4. The molecule has 0 rings (SSSR count). The van der Waals surface area contributed by atoms with Crippen molar-refractivity contribution in [2.75, 3.05) is 40.9 Å². The lowest BCUT2D eigenvalue weighted by Crippen LogP contribution is -2.47. The third-order valence-electron chi connectivity index (χ3n) is 11.8. The van der Waals surface area contributed by atoms with Crippen LogP contribution in [0.5, 0.6) is 0 Å². The number of hydrogen-bond donors (Lipinski definition) is 2. The third-order valence-corrected chi connectivity index (χ3v) is 12.8. The normalized spacial score (nSPS) is 14.3. The van der Waals surface area contributed by atoms with Crippen molar-refractivity contribution in [3.63, 3.8) is 0 Å². The van der Waals surface area contributed by atoms with Gasteiger partial charge in [-0.25, -0.2) is 4.57 Å². The summed E-state index contributed by atoms with van der Waals surface area (Å²) in [6.45, 7) is 6.86. The average molecular weight is 936 g/mol. The lowest BCUT2D eigenvalue weighted by atomic mass is 10.0. The maximum atomic E-state index is 13.4. The maximum absolute atomic E-state index is 13.4. The molecule has 0 bridgehead atoms. The highest BCUT2D eigenvalue weighted by Gasteiger charge is 2.30. The monoisotopic (exact) mass is 936 g/mol. The Labute approximate surface area is 401 Å². The Morgan fingerprint density at radius 3 is 1.46 bits per heavy atom. The van der Waals surface area contributed by atoms with E-state index in [1.54, 1.807) is 0 Å². The van der Waals surface area contributed by atoms with Crippen molar-refractivity contribution in [1.29, 1.82) is 0 Å². The number of carbonyl (C=O) groups excluding carboxylic acids is 2. The Hall–Kier alpha value is -2.03. The van der Waals surface area contributed by atoms with Gasteiger partial charge in [-0.3, -0.25) is 18.6 Å². The molecule has 10 heteroatoms. The molecule has 3 atom stereocenters. The zero-order valence-corrected chi connectivity index (χ0v) is 44.1. The highest BCUT2D eigenvalue weighted by Crippen LogP contribution is 2.43. The molecule has 0 aliphatic carbocycles. The predicted molar refractivity (Wildman–Crippen MR) is 277 cm³/mol. The van der Waals surface area contributed by atoms with E-state index in [2.05, 4.69) is 62.5 Å². The molecule has 0 saturated carbocycles. The van der Waals surface area contributed by atoms with Crippen molar-refractivity contribution in [2.45, 2.75) is 251 Å². The van der Waals surface area contributed by atoms with E-state index >= 15 is 0 Å². The van der Waals surface area contributed by atoms with Crippen LogP contribution in [0.2, 0.25) is 0 Å². The van der Waals surface area contributed by atoms with Gasteiger partial charge in [0.25, 0.3) is 0 Å². The van der Waals surface area contributed by atoms with Crippen molar-refractivity contribution in [2.24, 2.45) is 0 Å². The number of allylic oxidation sites excluding steroid dienone is 7. The summed E-state index contributed by atoms with van der Waals surface area (Å²) in [6.07, 6.45) is 53.9. The van der Waals surface area contributed by atoms with Gasteiger partial charge in [0.05, 0.1) is 33.8 Å². The van der Waals surface area contributed by atoms with Crippen molar-refractivity contribution in [1.82, 2.24) is 5.32 Å². The Balaban J connectivity index is 5.39. The summed E-state index contributed by atoms with van der Waals surface area (Å²) in [7, 11) is 1.48. The highest BCUT2D eigenvalue weighted by molar-refractivity contribution is 7.47. The molecule has 0 fully saturated rings. The predicted octanol–water partition coefficient (Wildman–Crippen LogP) is 15.8. The number of hydrogen-bond acceptors (Lipinski definition) is 6. The smallest absolute Gasteiger partial charge is 0.456 e. The minimum Gasteiger partial charge on any atom is -0.456 e. The van der Waals surface area contributed by atoms with Crippen molar-refractivity contribution >= 4 is 19.7 Å². The van der Waals surface area contributed by atoms with Crippen molar-refractivity contribution in [3.8, 4) is 0 Å². The van der Waals surface area contributed by atoms with E-state index in [9.17, 15) is 19.0 Å². The fourth-order valence-corrected chi connectivity index (χ4v) is 8.38. The van der Waals surface area contributed by atoms with Gasteiger partial charge in [0.1, 0.15) is 19.3 Å². The summed E-state index contributed by atoms with van der Waals surface area (Å²) in [6, 6.07) is -0.852. The standard InChI is InChI=1S/C55H103N2O7P/c1-7-10-13-16-19-22-25-27-28-30-32-35-38-41-44-47-54(58)56-52(51-63-65(60,61)62-50-49-57(4,5)6)53(46-43-40-37-34-31-24-21-18-15-12-9-3)64-55(59)48-45-42-39-36-33-29-26-23-20-17-14-11-8-2/h11,14,17,20,23,26,43,46,52-53H,7-10,12-13,15-16,18-19,21-22,24-25,27-42,44-45,47-51H2,1-6H3,(H-,56,58,60,61)/p+1/b14-11+,20-17+,26-23-,46-43+. The Bertz CT molecular complexity index is 1260. The molecule has 0 heterocycles. The summed E-state index contributed by atoms with van der Waals surface area (Å²) in [5.74, 6) is -0.526. The number of amides is 1. The van der Waals surface area contributed by atoms with Crippen LogP contribution in [0.1, 0.15) is 239 Å². The number of phosphoric acid groups is 1. The SMILES string of the molecule is CC/C=C/C=C/C=C\CCCCCCCC(=O)OC(/C=C/CCCCCCCCCCC)C(COP(=O)(O)OCC[N+](C)(C)C)NC(=O)CCCCCCCCCCCCCCCCC. The van der Waals surface area contributed by atoms with Gasteiger partial charge in [-0.05, 0) is 51.0 Å². The van der Waals surface area contributed by atoms with Crippen LogP contribution in [0.3, 0.4) is 0 Å². The molecule has 65 heavy (non-hydrogen) atoms. The first-order valence-electron chi connectivity index (χ1n) is 27.0. The topological polar surface area (TPSA) is 111 Å². The van der Waals surface area contributed by atoms with Crippen LogP contribution in [0.15, 0.2) is 48.6 Å². The zero-order chi connectivity index (χ0) is 48.0. The second-order valence-corrected chi connectivity index (χ2v) is 20.9. The summed E-state index contributed by atoms with van der Waals surface area (Å²) in [4.78, 5) is 37.4. The molecule has 1 amide bonds. The second kappa shape index (κ2) is 45.7. The number of likely N-dealkylation sites (N-methyl/N-ethyl adjacent to an activating group) is 1. The van der Waals surface area contributed by atoms with Crippen LogP contribution >= 0.6 is 7.82 Å². The molecule has 0 aromatic rings. The van der Waals surface area contributed by atoms with Crippen LogP contribution < -0.4 is 5.32 Å². The van der Waals surface area contributed by atoms with Crippen LogP contribution in [0.25, 0.3) is 0 Å². The molecule has 0 aliphatic rings. The van der Waals surface area contributed by atoms with Crippen LogP contribution in [0.4, 0.5) is 0 Å². The lowest BCUT2D eigenvalue weighted by molar-refractivity contribution is -0.870. The minimum absolute atomic E-state index is 0.0372. The molecule has 3 unspecified atom stereocenters. The largest absolute Gasteiger partial charge is 0.472 e. The summed E-state index contributed by atoms with van der Waals surface area (Å²) in [5, 5.41) is 3.04. The van der Waals surface area contributed by atoms with E-state index in [4.69, 9.17) is 13.8 Å². The fraction of sp³-hybridized carbons (Fsp3) is 0.818. The van der Waals surface area contributed by atoms with Gasteiger partial charge in [0.15, 0.2) is 0 Å². The van der Waals surface area contributed by atoms with Crippen LogP contribution in [0, 0.1) is 0 Å². The number of phosphoric ester groups is 1. The van der Waals surface area contributed by atoms with Crippen LogP contribution in [-0.4, -0.2) is 74.3 Å². The molecular weight excluding hydrogens is 832 g/mol. The van der Waals surface area contributed by atoms with Gasteiger partial charge < -0.3 is 19.4 Å². The molecule has 0 aromatic heterocycles. The number of unbranched alkanes of at least 4 members (excludes halogenated alkanes) is 28. The summed E-state index contributed by atoms with van der Waals surface area (Å²) < 4.78 is 30.5. The molecule has 0 radical (unpaired) electrons. The van der Waals surface area contributed by atoms with E-state index in [0.717, 1.165) is 83.5 Å². The molecule has 9 nitrogen and oxygen atoms in total. The zero-order valence-electron chi connectivity index (χ0n) is 43.2. The fourth-order valence-electron chi connectivity index (χ4n) is 7.65. The van der Waals surface area contributed by atoms with E-state index in [0.29, 0.717) is 17.4 Å². The third kappa shape index (κ3) is 46.9. The number of quaternary nitrogens is 1. The van der Waals surface area contributed by atoms with Gasteiger partial charge in [-0.2, -0.15) is 0 Å². The number of esters is 1. The second-order valence-electron chi connectivity index (χ2n) is 19.4. The molecule has 0 aliphatic heterocycles. The molecule has 0 aromatic carbocycles. The Kier molecular flexibility index (Phi) is 44.3. The summed E-state index contributed by atoms with van der Waals surface area (Å²) >= 11 is 0. The number of nitrogens with one attached hydrogen (secondary N) is 1. The van der Waals surface area contributed by atoms with Crippen molar-refractivity contribution in [3.05, 3.63) is 48.6 Å². The van der Waals surface area contributed by atoms with E-state index < -0.39 is 20.0 Å². The summed E-state index contributed by atoms with van der Waals surface area (Å²) in [5.41, 5.74) is 0. The van der Waals surface area contributed by atoms with Gasteiger partial charge >= 0.3 is 13.8 Å². The molecule has 0 saturated heterocycles. The van der Waals surface area contributed by atoms with Gasteiger partial charge in [0.2, 0.25) is 5.91 Å². The Morgan fingerprint density at radius 2 is 0.985 bits per heavy atom. The van der Waals surface area contributed by atoms with Gasteiger partial charge in [-0.15, -0.1) is 0 Å². The molecule has 2 N–H and O–H groups in total. The number of carbonyl (C=O) groups is 2. The maximum Gasteiger partial charge on any atom is 0.472 e. The first kappa shape index (κ1) is 63.0. The lowest BCUT2D eigenvalue weighted by Gasteiger charge is -2.27. The van der Waals surface area contributed by atoms with Gasteiger partial charge in [-0.1, -0.05) is 224 Å². The van der Waals surface area contributed by atoms with Crippen molar-refractivity contribution < 1.29 is 37.3 Å². The van der Waals surface area contributed by atoms with Crippen LogP contribution in [-0.2, 0) is 27.9 Å². The highest BCUT2D eigenvalue weighted by atomic mass is 31.2. The Morgan fingerprint density at radius 1 is 0.554 bits per heavy atom. The number of nitrogens with zero attached hydrogens (tertiary/aromatic N) is 1. The number of ether oxygens (including phenoxy) is 1. The van der Waals surface area contributed by atoms with E-state index in [-0.39, 0.29) is 31.5 Å². The molecule has 0 spiro atoms. The minimum atomic E-state index is -4.44.